The number of carbonyl (C=O) groups is 1. The van der Waals surface area contributed by atoms with Gasteiger partial charge in [0.05, 0.1) is 13.2 Å². The Bertz CT molecular complexity index is 586. The minimum absolute atomic E-state index is 0.209. The Balaban J connectivity index is 3.01. The zero-order valence-electron chi connectivity index (χ0n) is 12.0. The van der Waals surface area contributed by atoms with E-state index in [1.165, 1.54) is 6.07 Å². The molecule has 0 aliphatic carbocycles. The van der Waals surface area contributed by atoms with E-state index in [1.54, 1.807) is 32.4 Å². The lowest BCUT2D eigenvalue weighted by Crippen LogP contribution is -2.29. The SMILES string of the molecule is COCCn1c(NC(=O)OC(C)(C)C)cc(=O)[nH]c1=S. The summed E-state index contributed by atoms with van der Waals surface area (Å²) >= 11 is 5.06. The Morgan fingerprint density at radius 2 is 2.15 bits per heavy atom. The van der Waals surface area contributed by atoms with Crippen LogP contribution < -0.4 is 10.9 Å². The van der Waals surface area contributed by atoms with Gasteiger partial charge in [0.25, 0.3) is 5.56 Å². The van der Waals surface area contributed by atoms with Gasteiger partial charge in [0, 0.05) is 13.2 Å². The average Bonchev–Trinajstić information content (AvgIpc) is 2.24. The van der Waals surface area contributed by atoms with Gasteiger partial charge in [-0.1, -0.05) is 0 Å². The minimum Gasteiger partial charge on any atom is -0.444 e. The molecule has 0 fully saturated rings. The largest absolute Gasteiger partial charge is 0.444 e. The molecule has 0 spiro atoms. The van der Waals surface area contributed by atoms with E-state index in [4.69, 9.17) is 21.7 Å². The quantitative estimate of drug-likeness (QED) is 0.830. The number of hydrogen-bond donors (Lipinski definition) is 2. The first kappa shape index (κ1) is 16.4. The van der Waals surface area contributed by atoms with Crippen LogP contribution in [-0.4, -0.2) is 35.0 Å². The van der Waals surface area contributed by atoms with Gasteiger partial charge in [-0.3, -0.25) is 15.1 Å². The Labute approximate surface area is 121 Å². The molecule has 0 aliphatic heterocycles. The first-order chi connectivity index (χ1) is 9.23. The Kier molecular flexibility index (Phi) is 5.46. The number of hydrogen-bond acceptors (Lipinski definition) is 5. The van der Waals surface area contributed by atoms with Gasteiger partial charge in [-0.2, -0.15) is 0 Å². The summed E-state index contributed by atoms with van der Waals surface area (Å²) in [4.78, 5) is 25.7. The normalized spacial score (nSPS) is 11.2. The molecular formula is C12H19N3O4S. The molecule has 1 aromatic rings. The van der Waals surface area contributed by atoms with Crippen molar-refractivity contribution in [3.05, 3.63) is 21.2 Å². The highest BCUT2D eigenvalue weighted by molar-refractivity contribution is 7.71. The van der Waals surface area contributed by atoms with Gasteiger partial charge in [-0.25, -0.2) is 4.79 Å². The van der Waals surface area contributed by atoms with Crippen LogP contribution in [0, 0.1) is 4.77 Å². The monoisotopic (exact) mass is 301 g/mol. The van der Waals surface area contributed by atoms with Gasteiger partial charge in [0.1, 0.15) is 11.4 Å². The smallest absolute Gasteiger partial charge is 0.413 e. The van der Waals surface area contributed by atoms with Crippen molar-refractivity contribution in [2.24, 2.45) is 0 Å². The molecule has 0 bridgehead atoms. The summed E-state index contributed by atoms with van der Waals surface area (Å²) in [6.45, 7) is 6.05. The maximum absolute atomic E-state index is 11.8. The van der Waals surface area contributed by atoms with Crippen molar-refractivity contribution < 1.29 is 14.3 Å². The number of aromatic amines is 1. The second-order valence-corrected chi connectivity index (χ2v) is 5.48. The molecule has 0 aliphatic rings. The zero-order valence-corrected chi connectivity index (χ0v) is 12.8. The van der Waals surface area contributed by atoms with Crippen molar-refractivity contribution in [3.63, 3.8) is 0 Å². The highest BCUT2D eigenvalue weighted by Gasteiger charge is 2.17. The number of nitrogens with zero attached hydrogens (tertiary/aromatic N) is 1. The van der Waals surface area contributed by atoms with Crippen LogP contribution in [0.15, 0.2) is 10.9 Å². The van der Waals surface area contributed by atoms with Crippen LogP contribution in [0.2, 0.25) is 0 Å². The molecule has 0 atom stereocenters. The van der Waals surface area contributed by atoms with Crippen molar-refractivity contribution in [1.29, 1.82) is 0 Å². The third kappa shape index (κ3) is 5.14. The first-order valence-electron chi connectivity index (χ1n) is 6.06. The van der Waals surface area contributed by atoms with Crippen LogP contribution in [0.3, 0.4) is 0 Å². The van der Waals surface area contributed by atoms with Gasteiger partial charge in [-0.15, -0.1) is 0 Å². The third-order valence-electron chi connectivity index (χ3n) is 2.18. The second-order valence-electron chi connectivity index (χ2n) is 5.10. The van der Waals surface area contributed by atoms with Crippen LogP contribution in [0.4, 0.5) is 10.6 Å². The minimum atomic E-state index is -0.649. The van der Waals surface area contributed by atoms with Crippen molar-refractivity contribution >= 4 is 24.1 Å². The molecule has 0 aromatic carbocycles. The number of carbonyl (C=O) groups excluding carboxylic acids is 1. The van der Waals surface area contributed by atoms with Gasteiger partial charge in [0.2, 0.25) is 0 Å². The Morgan fingerprint density at radius 1 is 1.50 bits per heavy atom. The summed E-state index contributed by atoms with van der Waals surface area (Å²) in [7, 11) is 1.55. The molecule has 1 heterocycles. The third-order valence-corrected chi connectivity index (χ3v) is 2.50. The number of nitrogens with one attached hydrogen (secondary N) is 2. The summed E-state index contributed by atoms with van der Waals surface area (Å²) in [6.07, 6.45) is -0.649. The predicted molar refractivity (Wildman–Crippen MR) is 77.6 cm³/mol. The van der Waals surface area contributed by atoms with Crippen molar-refractivity contribution in [3.8, 4) is 0 Å². The molecule has 20 heavy (non-hydrogen) atoms. The van der Waals surface area contributed by atoms with E-state index >= 15 is 0 Å². The molecular weight excluding hydrogens is 282 g/mol. The van der Waals surface area contributed by atoms with E-state index in [9.17, 15) is 9.59 Å². The number of methoxy groups -OCH3 is 1. The number of aromatic nitrogens is 2. The molecule has 7 nitrogen and oxygen atoms in total. The molecule has 0 saturated heterocycles. The summed E-state index contributed by atoms with van der Waals surface area (Å²) in [5.41, 5.74) is -1.02. The molecule has 2 N–H and O–H groups in total. The Morgan fingerprint density at radius 3 is 2.70 bits per heavy atom. The summed E-state index contributed by atoms with van der Waals surface area (Å²) in [5, 5.41) is 2.52. The first-order valence-corrected chi connectivity index (χ1v) is 6.47. The van der Waals surface area contributed by atoms with Gasteiger partial charge in [0.15, 0.2) is 4.77 Å². The summed E-state index contributed by atoms with van der Waals surface area (Å²) in [5.74, 6) is 0.269. The summed E-state index contributed by atoms with van der Waals surface area (Å²) < 4.78 is 11.9. The van der Waals surface area contributed by atoms with Crippen LogP contribution in [0.25, 0.3) is 0 Å². The van der Waals surface area contributed by atoms with Gasteiger partial charge in [-0.05, 0) is 33.0 Å². The van der Waals surface area contributed by atoms with E-state index in [0.717, 1.165) is 0 Å². The van der Waals surface area contributed by atoms with Crippen LogP contribution in [0.5, 0.6) is 0 Å². The topological polar surface area (TPSA) is 85.3 Å². The molecule has 0 unspecified atom stereocenters. The lowest BCUT2D eigenvalue weighted by atomic mass is 10.2. The van der Waals surface area contributed by atoms with E-state index in [0.29, 0.717) is 13.2 Å². The maximum Gasteiger partial charge on any atom is 0.413 e. The second kappa shape index (κ2) is 6.67. The molecule has 1 rings (SSSR count). The number of amides is 1. The van der Waals surface area contributed by atoms with Crippen LogP contribution in [0.1, 0.15) is 20.8 Å². The standard InChI is InChI=1S/C12H19N3O4S/c1-12(2,3)19-11(17)13-8-7-9(16)14-10(20)15(8)5-6-18-4/h7H,5-6H2,1-4H3,(H,13,17)(H,14,16,20). The molecule has 0 saturated carbocycles. The number of anilines is 1. The number of ether oxygens (including phenoxy) is 2. The van der Waals surface area contributed by atoms with E-state index in [-0.39, 0.29) is 10.6 Å². The molecule has 8 heteroatoms. The fourth-order valence-electron chi connectivity index (χ4n) is 1.44. The fraction of sp³-hybridized carbons (Fsp3) is 0.583. The van der Waals surface area contributed by atoms with Gasteiger partial charge < -0.3 is 14.0 Å². The molecule has 1 aromatic heterocycles. The molecule has 1 amide bonds. The van der Waals surface area contributed by atoms with Crippen molar-refractivity contribution in [1.82, 2.24) is 9.55 Å². The van der Waals surface area contributed by atoms with Crippen LogP contribution >= 0.6 is 12.2 Å². The maximum atomic E-state index is 11.8. The lowest BCUT2D eigenvalue weighted by Gasteiger charge is -2.20. The number of H-pyrrole nitrogens is 1. The van der Waals surface area contributed by atoms with E-state index in [1.807, 2.05) is 0 Å². The molecule has 0 radical (unpaired) electrons. The number of rotatable bonds is 4. The van der Waals surface area contributed by atoms with Crippen LogP contribution in [-0.2, 0) is 16.0 Å². The van der Waals surface area contributed by atoms with Crippen molar-refractivity contribution in [2.75, 3.05) is 19.0 Å². The predicted octanol–water partition coefficient (Wildman–Crippen LogP) is 1.90. The Hall–Kier alpha value is -1.67. The zero-order chi connectivity index (χ0) is 15.3. The highest BCUT2D eigenvalue weighted by atomic mass is 32.1. The lowest BCUT2D eigenvalue weighted by molar-refractivity contribution is 0.0634. The van der Waals surface area contributed by atoms with Gasteiger partial charge >= 0.3 is 6.09 Å². The highest BCUT2D eigenvalue weighted by Crippen LogP contribution is 2.11. The van der Waals surface area contributed by atoms with E-state index < -0.39 is 17.3 Å². The fourth-order valence-corrected chi connectivity index (χ4v) is 1.73. The van der Waals surface area contributed by atoms with Crippen molar-refractivity contribution in [2.45, 2.75) is 32.9 Å². The molecule has 112 valence electrons. The average molecular weight is 301 g/mol. The van der Waals surface area contributed by atoms with E-state index in [2.05, 4.69) is 10.3 Å². The summed E-state index contributed by atoms with van der Waals surface area (Å²) in [6, 6.07) is 1.25.